The number of benzene rings is 2. The number of carbonyl (C=O) groups excluding carboxylic acids is 2. The first kappa shape index (κ1) is 28.4. The molecule has 1 aliphatic rings. The topological polar surface area (TPSA) is 67.4 Å². The van der Waals surface area contributed by atoms with Gasteiger partial charge in [0.15, 0.2) is 0 Å². The SMILES string of the molecule is CCC(C)C1CCC(C(=O)Nc2ccc(OC)c(C)c2)CC1.CCc1c(C)cccc1NC(C)=O. The molecule has 2 aromatic rings. The predicted molar refractivity (Wildman–Crippen MR) is 146 cm³/mol. The average Bonchev–Trinajstić information content (AvgIpc) is 2.84. The van der Waals surface area contributed by atoms with Crippen LogP contribution in [0.15, 0.2) is 36.4 Å². The van der Waals surface area contributed by atoms with E-state index in [1.807, 2.05) is 37.3 Å². The van der Waals surface area contributed by atoms with E-state index in [2.05, 4.69) is 44.4 Å². The number of amides is 2. The number of hydrogen-bond acceptors (Lipinski definition) is 3. The molecular weight excluding hydrogens is 436 g/mol. The minimum absolute atomic E-state index is 0.0136. The summed E-state index contributed by atoms with van der Waals surface area (Å²) in [5, 5.41) is 5.89. The first-order valence-corrected chi connectivity index (χ1v) is 13.0. The van der Waals surface area contributed by atoms with Crippen LogP contribution < -0.4 is 15.4 Å². The Kier molecular flexibility index (Phi) is 11.3. The molecule has 1 fully saturated rings. The summed E-state index contributed by atoms with van der Waals surface area (Å²) in [4.78, 5) is 23.3. The van der Waals surface area contributed by atoms with Crippen molar-refractivity contribution in [2.75, 3.05) is 17.7 Å². The van der Waals surface area contributed by atoms with Gasteiger partial charge in [0.1, 0.15) is 5.75 Å². The van der Waals surface area contributed by atoms with Crippen LogP contribution in [0.4, 0.5) is 11.4 Å². The number of nitrogens with one attached hydrogen (secondary N) is 2. The highest BCUT2D eigenvalue weighted by Gasteiger charge is 2.28. The number of anilines is 2. The molecule has 5 nitrogen and oxygen atoms in total. The van der Waals surface area contributed by atoms with Gasteiger partial charge in [-0.1, -0.05) is 39.3 Å². The summed E-state index contributed by atoms with van der Waals surface area (Å²) in [6, 6.07) is 11.7. The molecule has 35 heavy (non-hydrogen) atoms. The van der Waals surface area contributed by atoms with Crippen LogP contribution in [0.1, 0.15) is 76.5 Å². The molecule has 2 N–H and O–H groups in total. The Hall–Kier alpha value is -2.82. The zero-order chi connectivity index (χ0) is 26.0. The van der Waals surface area contributed by atoms with Crippen molar-refractivity contribution in [1.82, 2.24) is 0 Å². The zero-order valence-corrected chi connectivity index (χ0v) is 22.7. The Morgan fingerprint density at radius 2 is 1.69 bits per heavy atom. The fraction of sp³-hybridized carbons (Fsp3) is 0.533. The molecular formula is C30H44N2O3. The van der Waals surface area contributed by atoms with E-state index < -0.39 is 0 Å². The third kappa shape index (κ3) is 8.41. The standard InChI is InChI=1S/C19H29NO2.C11H15NO/c1-5-13(2)15-6-8-16(9-7-15)19(21)20-17-10-11-18(22-4)14(3)12-17;1-4-10-8(2)6-5-7-11(10)12-9(3)13/h10-13,15-16H,5-9H2,1-4H3,(H,20,21);5-7H,4H2,1-3H3,(H,12,13). The third-order valence-electron chi connectivity index (χ3n) is 7.33. The number of rotatable bonds is 7. The van der Waals surface area contributed by atoms with E-state index >= 15 is 0 Å². The largest absolute Gasteiger partial charge is 0.496 e. The van der Waals surface area contributed by atoms with Crippen molar-refractivity contribution in [3.8, 4) is 5.75 Å². The van der Waals surface area contributed by atoms with Gasteiger partial charge in [-0.3, -0.25) is 9.59 Å². The Balaban J connectivity index is 0.000000283. The molecule has 192 valence electrons. The lowest BCUT2D eigenvalue weighted by atomic mass is 9.75. The van der Waals surface area contributed by atoms with Gasteiger partial charge in [-0.2, -0.15) is 0 Å². The highest BCUT2D eigenvalue weighted by Crippen LogP contribution is 2.35. The number of aryl methyl sites for hydroxylation is 2. The fourth-order valence-corrected chi connectivity index (χ4v) is 4.96. The molecule has 0 radical (unpaired) electrons. The van der Waals surface area contributed by atoms with Gasteiger partial charge < -0.3 is 15.4 Å². The van der Waals surface area contributed by atoms with Gasteiger partial charge in [-0.15, -0.1) is 0 Å². The second kappa shape index (κ2) is 13.9. The minimum Gasteiger partial charge on any atom is -0.496 e. The average molecular weight is 481 g/mol. The lowest BCUT2D eigenvalue weighted by molar-refractivity contribution is -0.121. The molecule has 1 atom stereocenters. The maximum absolute atomic E-state index is 12.4. The molecule has 2 aromatic carbocycles. The lowest BCUT2D eigenvalue weighted by Gasteiger charge is -2.31. The summed E-state index contributed by atoms with van der Waals surface area (Å²) < 4.78 is 5.25. The smallest absolute Gasteiger partial charge is 0.227 e. The maximum Gasteiger partial charge on any atom is 0.227 e. The predicted octanol–water partition coefficient (Wildman–Crippen LogP) is 7.31. The van der Waals surface area contributed by atoms with Crippen LogP contribution in [0.3, 0.4) is 0 Å². The van der Waals surface area contributed by atoms with Crippen molar-refractivity contribution < 1.29 is 14.3 Å². The fourth-order valence-electron chi connectivity index (χ4n) is 4.96. The van der Waals surface area contributed by atoms with Crippen LogP contribution in [-0.2, 0) is 16.0 Å². The van der Waals surface area contributed by atoms with Crippen molar-refractivity contribution >= 4 is 23.2 Å². The summed E-state index contributed by atoms with van der Waals surface area (Å²) in [7, 11) is 1.66. The van der Waals surface area contributed by atoms with Gasteiger partial charge in [0.25, 0.3) is 0 Å². The zero-order valence-electron chi connectivity index (χ0n) is 22.7. The summed E-state index contributed by atoms with van der Waals surface area (Å²) in [5.74, 6) is 2.77. The van der Waals surface area contributed by atoms with Crippen LogP contribution in [0, 0.1) is 31.6 Å². The summed E-state index contributed by atoms with van der Waals surface area (Å²) >= 11 is 0. The van der Waals surface area contributed by atoms with Gasteiger partial charge in [-0.25, -0.2) is 0 Å². The van der Waals surface area contributed by atoms with E-state index in [1.165, 1.54) is 37.3 Å². The molecule has 1 saturated carbocycles. The molecule has 0 bridgehead atoms. The second-order valence-electron chi connectivity index (χ2n) is 9.81. The quantitative estimate of drug-likeness (QED) is 0.436. The molecule has 0 aromatic heterocycles. The van der Waals surface area contributed by atoms with Crippen LogP contribution in [0.5, 0.6) is 5.75 Å². The van der Waals surface area contributed by atoms with Crippen LogP contribution in [0.2, 0.25) is 0 Å². The number of hydrogen-bond donors (Lipinski definition) is 2. The molecule has 3 rings (SSSR count). The van der Waals surface area contributed by atoms with Crippen LogP contribution in [-0.4, -0.2) is 18.9 Å². The molecule has 2 amide bonds. The highest BCUT2D eigenvalue weighted by atomic mass is 16.5. The van der Waals surface area contributed by atoms with Crippen LogP contribution in [0.25, 0.3) is 0 Å². The normalized spacial score (nSPS) is 18.0. The summed E-state index contributed by atoms with van der Waals surface area (Å²) in [6.07, 6.45) is 6.62. The van der Waals surface area contributed by atoms with Gasteiger partial charge >= 0.3 is 0 Å². The molecule has 5 heteroatoms. The van der Waals surface area contributed by atoms with Crippen molar-refractivity contribution in [2.45, 2.75) is 80.1 Å². The summed E-state index contributed by atoms with van der Waals surface area (Å²) in [6.45, 7) is 12.3. The van der Waals surface area contributed by atoms with Crippen LogP contribution >= 0.6 is 0 Å². The van der Waals surface area contributed by atoms with Crippen molar-refractivity contribution in [1.29, 1.82) is 0 Å². The first-order chi connectivity index (χ1) is 16.7. The Bertz CT molecular complexity index is 978. The van der Waals surface area contributed by atoms with E-state index in [-0.39, 0.29) is 17.7 Å². The second-order valence-corrected chi connectivity index (χ2v) is 9.81. The van der Waals surface area contributed by atoms with Gasteiger partial charge in [0.2, 0.25) is 11.8 Å². The van der Waals surface area contributed by atoms with Crippen molar-refractivity contribution in [3.63, 3.8) is 0 Å². The molecule has 0 heterocycles. The molecule has 0 aliphatic heterocycles. The van der Waals surface area contributed by atoms with Gasteiger partial charge in [0.05, 0.1) is 7.11 Å². The Morgan fingerprint density at radius 1 is 1.00 bits per heavy atom. The Morgan fingerprint density at radius 3 is 2.23 bits per heavy atom. The Labute approximate surface area is 212 Å². The first-order valence-electron chi connectivity index (χ1n) is 13.0. The van der Waals surface area contributed by atoms with Crippen molar-refractivity contribution in [2.24, 2.45) is 17.8 Å². The number of methoxy groups -OCH3 is 1. The molecule has 0 spiro atoms. The van der Waals surface area contributed by atoms with E-state index in [9.17, 15) is 9.59 Å². The monoisotopic (exact) mass is 480 g/mol. The van der Waals surface area contributed by atoms with E-state index in [0.717, 1.165) is 53.8 Å². The van der Waals surface area contributed by atoms with E-state index in [4.69, 9.17) is 4.74 Å². The van der Waals surface area contributed by atoms with Gasteiger partial charge in [-0.05, 0) is 98.7 Å². The number of ether oxygens (including phenoxy) is 1. The molecule has 0 saturated heterocycles. The van der Waals surface area contributed by atoms with E-state index in [1.54, 1.807) is 7.11 Å². The summed E-state index contributed by atoms with van der Waals surface area (Å²) in [5.41, 5.74) is 5.30. The minimum atomic E-state index is -0.0136. The van der Waals surface area contributed by atoms with Crippen molar-refractivity contribution in [3.05, 3.63) is 53.1 Å². The highest BCUT2D eigenvalue weighted by molar-refractivity contribution is 5.92. The number of carbonyl (C=O) groups is 2. The molecule has 1 aliphatic carbocycles. The third-order valence-corrected chi connectivity index (χ3v) is 7.33. The van der Waals surface area contributed by atoms with Gasteiger partial charge in [0, 0.05) is 24.2 Å². The molecule has 1 unspecified atom stereocenters. The maximum atomic E-state index is 12.4. The van der Waals surface area contributed by atoms with E-state index in [0.29, 0.717) is 0 Å². The lowest BCUT2D eigenvalue weighted by Crippen LogP contribution is -2.28.